The van der Waals surface area contributed by atoms with Crippen molar-refractivity contribution in [2.24, 2.45) is 5.92 Å². The minimum atomic E-state index is -0.868. The van der Waals surface area contributed by atoms with Gasteiger partial charge in [0.05, 0.1) is 17.8 Å². The van der Waals surface area contributed by atoms with Crippen LogP contribution < -0.4 is 15.4 Å². The van der Waals surface area contributed by atoms with Crippen molar-refractivity contribution < 1.29 is 23.1 Å². The maximum absolute atomic E-state index is 13.7. The van der Waals surface area contributed by atoms with Crippen molar-refractivity contribution in [2.45, 2.75) is 44.9 Å². The average Bonchev–Trinajstić information content (AvgIpc) is 2.97. The summed E-state index contributed by atoms with van der Waals surface area (Å²) in [7, 11) is 0. The van der Waals surface area contributed by atoms with Gasteiger partial charge in [-0.2, -0.15) is 0 Å². The molecular formula is C27H32F2N4O3. The van der Waals surface area contributed by atoms with Gasteiger partial charge in [-0.15, -0.1) is 0 Å². The maximum Gasteiger partial charge on any atom is 0.258 e. The first-order chi connectivity index (χ1) is 17.2. The van der Waals surface area contributed by atoms with Crippen LogP contribution in [0.3, 0.4) is 0 Å². The third-order valence-corrected chi connectivity index (χ3v) is 7.29. The van der Waals surface area contributed by atoms with Crippen LogP contribution in [0, 0.1) is 17.6 Å². The Hall–Kier alpha value is -3.04. The molecule has 2 amide bonds. The van der Waals surface area contributed by atoms with Crippen LogP contribution in [-0.4, -0.2) is 66.0 Å². The molecule has 3 aliphatic heterocycles. The molecule has 3 aliphatic rings. The molecule has 36 heavy (non-hydrogen) atoms. The van der Waals surface area contributed by atoms with E-state index in [0.29, 0.717) is 48.7 Å². The molecule has 3 heterocycles. The molecule has 0 saturated carbocycles. The Labute approximate surface area is 209 Å². The highest BCUT2D eigenvalue weighted by Crippen LogP contribution is 2.40. The molecule has 2 aromatic carbocycles. The number of rotatable bonds is 5. The number of hydrogen-bond donors (Lipinski definition) is 2. The molecule has 1 spiro atoms. The summed E-state index contributed by atoms with van der Waals surface area (Å²) < 4.78 is 33.6. The van der Waals surface area contributed by atoms with Crippen LogP contribution in [-0.2, 0) is 11.3 Å². The van der Waals surface area contributed by atoms with Gasteiger partial charge in [-0.1, -0.05) is 12.1 Å². The molecule has 7 nitrogen and oxygen atoms in total. The van der Waals surface area contributed by atoms with Crippen LogP contribution >= 0.6 is 0 Å². The summed E-state index contributed by atoms with van der Waals surface area (Å²) in [4.78, 5) is 30.4. The van der Waals surface area contributed by atoms with E-state index in [4.69, 9.17) is 4.74 Å². The minimum Gasteiger partial charge on any atom is -0.480 e. The highest BCUT2D eigenvalue weighted by Gasteiger charge is 2.50. The fraction of sp³-hybridized carbons (Fsp3) is 0.481. The lowest BCUT2D eigenvalue weighted by Gasteiger charge is -2.50. The van der Waals surface area contributed by atoms with Gasteiger partial charge in [0.25, 0.3) is 5.91 Å². The van der Waals surface area contributed by atoms with Gasteiger partial charge < -0.3 is 20.3 Å². The second-order valence-electron chi connectivity index (χ2n) is 10.4. The van der Waals surface area contributed by atoms with Gasteiger partial charge in [0, 0.05) is 31.6 Å². The van der Waals surface area contributed by atoms with E-state index in [1.807, 2.05) is 13.8 Å². The number of para-hydroxylation sites is 1. The zero-order valence-electron chi connectivity index (χ0n) is 20.7. The van der Waals surface area contributed by atoms with Gasteiger partial charge in [0.2, 0.25) is 5.91 Å². The van der Waals surface area contributed by atoms with E-state index in [0.717, 1.165) is 32.0 Å². The summed E-state index contributed by atoms with van der Waals surface area (Å²) in [6.45, 7) is 7.42. The van der Waals surface area contributed by atoms with Crippen LogP contribution in [0.25, 0.3) is 0 Å². The van der Waals surface area contributed by atoms with Crippen LogP contribution in [0.2, 0.25) is 0 Å². The zero-order valence-corrected chi connectivity index (χ0v) is 20.7. The lowest BCUT2D eigenvalue weighted by atomic mass is 9.92. The first-order valence-corrected chi connectivity index (χ1v) is 12.6. The van der Waals surface area contributed by atoms with E-state index in [1.54, 1.807) is 29.2 Å². The van der Waals surface area contributed by atoms with Crippen molar-refractivity contribution in [3.63, 3.8) is 0 Å². The van der Waals surface area contributed by atoms with Crippen LogP contribution in [0.5, 0.6) is 5.75 Å². The van der Waals surface area contributed by atoms with Crippen molar-refractivity contribution in [3.8, 4) is 5.75 Å². The van der Waals surface area contributed by atoms with Crippen molar-refractivity contribution >= 4 is 17.5 Å². The van der Waals surface area contributed by atoms with E-state index in [9.17, 15) is 18.4 Å². The fourth-order valence-electron chi connectivity index (χ4n) is 5.38. The monoisotopic (exact) mass is 498 g/mol. The predicted molar refractivity (Wildman–Crippen MR) is 132 cm³/mol. The number of hydrogen-bond acceptors (Lipinski definition) is 5. The van der Waals surface area contributed by atoms with E-state index in [-0.39, 0.29) is 23.8 Å². The summed E-state index contributed by atoms with van der Waals surface area (Å²) in [5, 5.41) is 6.29. The number of carbonyl (C=O) groups is 2. The largest absolute Gasteiger partial charge is 0.480 e. The normalized spacial score (nSPS) is 20.0. The number of likely N-dealkylation sites (tertiary alicyclic amines) is 1. The van der Waals surface area contributed by atoms with Crippen molar-refractivity contribution in [3.05, 3.63) is 59.2 Å². The third-order valence-electron chi connectivity index (χ3n) is 7.29. The highest BCUT2D eigenvalue weighted by molar-refractivity contribution is 6.02. The van der Waals surface area contributed by atoms with Crippen molar-refractivity contribution in [2.75, 3.05) is 38.0 Å². The SMILES string of the molecule is CC(C)N1CC2(CN(Cc3ccc(F)c(F)c3)C2)Oc2c(NC(=O)C3CCNCC3)cccc2C1=O. The molecular weight excluding hydrogens is 466 g/mol. The average molecular weight is 499 g/mol. The van der Waals surface area contributed by atoms with Gasteiger partial charge in [-0.3, -0.25) is 14.5 Å². The minimum absolute atomic E-state index is 0.0443. The number of halogens is 2. The highest BCUT2D eigenvalue weighted by atomic mass is 19.2. The first kappa shape index (κ1) is 24.6. The molecule has 2 aromatic rings. The number of anilines is 1. The molecule has 0 bridgehead atoms. The molecule has 2 N–H and O–H groups in total. The lowest BCUT2D eigenvalue weighted by molar-refractivity contribution is -0.120. The molecule has 192 valence electrons. The van der Waals surface area contributed by atoms with Gasteiger partial charge >= 0.3 is 0 Å². The Bertz CT molecular complexity index is 1160. The molecule has 0 atom stereocenters. The molecule has 5 rings (SSSR count). The Morgan fingerprint density at radius 3 is 2.58 bits per heavy atom. The molecule has 0 unspecified atom stereocenters. The van der Waals surface area contributed by atoms with Crippen LogP contribution in [0.15, 0.2) is 36.4 Å². The van der Waals surface area contributed by atoms with E-state index in [1.165, 1.54) is 6.07 Å². The zero-order chi connectivity index (χ0) is 25.4. The number of carbonyl (C=O) groups excluding carboxylic acids is 2. The number of fused-ring (bicyclic) bond motifs is 1. The van der Waals surface area contributed by atoms with Crippen LogP contribution in [0.1, 0.15) is 42.6 Å². The summed E-state index contributed by atoms with van der Waals surface area (Å²) in [6, 6.07) is 9.16. The fourth-order valence-corrected chi connectivity index (χ4v) is 5.38. The summed E-state index contributed by atoms with van der Waals surface area (Å²) in [5.41, 5.74) is 0.944. The number of nitrogens with zero attached hydrogens (tertiary/aromatic N) is 2. The topological polar surface area (TPSA) is 73.9 Å². The molecule has 0 aromatic heterocycles. The smallest absolute Gasteiger partial charge is 0.258 e. The van der Waals surface area contributed by atoms with Crippen LogP contribution in [0.4, 0.5) is 14.5 Å². The second-order valence-corrected chi connectivity index (χ2v) is 10.4. The standard InChI is InChI=1S/C27H32F2N4O3/c1-17(2)33-16-27(14-32(15-27)13-18-6-7-21(28)22(29)12-18)36-24-20(26(33)35)4-3-5-23(24)31-25(34)19-8-10-30-11-9-19/h3-7,12,17,19,30H,8-11,13-16H2,1-2H3,(H,31,34). The number of piperidine rings is 1. The van der Waals surface area contributed by atoms with Crippen molar-refractivity contribution in [1.82, 2.24) is 15.1 Å². The first-order valence-electron chi connectivity index (χ1n) is 12.6. The lowest BCUT2D eigenvalue weighted by Crippen LogP contribution is -2.69. The number of benzene rings is 2. The summed E-state index contributed by atoms with van der Waals surface area (Å²) >= 11 is 0. The van der Waals surface area contributed by atoms with Gasteiger partial charge in [0.1, 0.15) is 0 Å². The Kier molecular flexibility index (Phi) is 6.70. The Morgan fingerprint density at radius 1 is 1.14 bits per heavy atom. The summed E-state index contributed by atoms with van der Waals surface area (Å²) in [5.74, 6) is -1.61. The van der Waals surface area contributed by atoms with E-state index < -0.39 is 17.2 Å². The number of nitrogens with one attached hydrogen (secondary N) is 2. The molecule has 2 fully saturated rings. The molecule has 0 radical (unpaired) electrons. The maximum atomic E-state index is 13.7. The Balaban J connectivity index is 1.39. The van der Waals surface area contributed by atoms with Gasteiger partial charge in [-0.25, -0.2) is 8.78 Å². The number of amides is 2. The molecule has 2 saturated heterocycles. The Morgan fingerprint density at radius 2 is 1.89 bits per heavy atom. The second kappa shape index (κ2) is 9.78. The summed E-state index contributed by atoms with van der Waals surface area (Å²) in [6.07, 6.45) is 1.54. The van der Waals surface area contributed by atoms with Gasteiger partial charge in [0.15, 0.2) is 23.0 Å². The van der Waals surface area contributed by atoms with E-state index in [2.05, 4.69) is 15.5 Å². The quantitative estimate of drug-likeness (QED) is 0.661. The predicted octanol–water partition coefficient (Wildman–Crippen LogP) is 3.40. The molecule has 0 aliphatic carbocycles. The van der Waals surface area contributed by atoms with E-state index >= 15 is 0 Å². The van der Waals surface area contributed by atoms with Crippen molar-refractivity contribution in [1.29, 1.82) is 0 Å². The molecule has 9 heteroatoms. The number of ether oxygens (including phenoxy) is 1. The van der Waals surface area contributed by atoms with Gasteiger partial charge in [-0.05, 0) is 69.6 Å². The third kappa shape index (κ3) is 4.82.